The molecule has 0 saturated carbocycles. The van der Waals surface area contributed by atoms with Gasteiger partial charge in [-0.1, -0.05) is 30.3 Å². The maximum absolute atomic E-state index is 12.7. The van der Waals surface area contributed by atoms with Crippen LogP contribution in [0, 0.1) is 13.8 Å². The first-order valence-corrected chi connectivity index (χ1v) is 9.87. The molecule has 0 spiro atoms. The van der Waals surface area contributed by atoms with E-state index in [0.717, 1.165) is 16.1 Å². The van der Waals surface area contributed by atoms with Crippen LogP contribution in [-0.4, -0.2) is 60.3 Å². The van der Waals surface area contributed by atoms with E-state index in [2.05, 4.69) is 10.3 Å². The molecule has 0 fully saturated rings. The average molecular weight is 389 g/mol. The number of anilines is 1. The summed E-state index contributed by atoms with van der Waals surface area (Å²) in [5, 5.41) is 3.39. The van der Waals surface area contributed by atoms with Crippen LogP contribution in [0.2, 0.25) is 0 Å². The number of nitrogens with one attached hydrogen (secondary N) is 1. The molecule has 1 N–H and O–H groups in total. The molecule has 27 heavy (non-hydrogen) atoms. The zero-order chi connectivity index (χ0) is 19.8. The fourth-order valence-electron chi connectivity index (χ4n) is 2.53. The van der Waals surface area contributed by atoms with E-state index < -0.39 is 0 Å². The van der Waals surface area contributed by atoms with Gasteiger partial charge in [-0.3, -0.25) is 9.59 Å². The lowest BCUT2D eigenvalue weighted by Gasteiger charge is -2.24. The molecule has 2 aromatic rings. The van der Waals surface area contributed by atoms with E-state index in [1.807, 2.05) is 63.2 Å². The van der Waals surface area contributed by atoms with Gasteiger partial charge in [-0.05, 0) is 39.9 Å². The first-order valence-electron chi connectivity index (χ1n) is 9.05. The standard InChI is InChI=1S/C20H28N4O2S/c1-15-16(2)27-20(21-15)22-18(25)14-24(13-12-23(3)4)19(26)11-10-17-8-6-5-7-9-17/h5-9H,10-14H2,1-4H3,(H,21,22,25). The maximum atomic E-state index is 12.7. The van der Waals surface area contributed by atoms with Crippen molar-refractivity contribution in [2.24, 2.45) is 0 Å². The van der Waals surface area contributed by atoms with Crippen LogP contribution < -0.4 is 5.32 Å². The number of rotatable bonds is 9. The van der Waals surface area contributed by atoms with E-state index in [0.29, 0.717) is 31.1 Å². The van der Waals surface area contributed by atoms with Gasteiger partial charge >= 0.3 is 0 Å². The highest BCUT2D eigenvalue weighted by molar-refractivity contribution is 7.15. The van der Waals surface area contributed by atoms with Gasteiger partial charge in [0.15, 0.2) is 5.13 Å². The van der Waals surface area contributed by atoms with Crippen molar-refractivity contribution in [3.63, 3.8) is 0 Å². The van der Waals surface area contributed by atoms with Gasteiger partial charge in [0.1, 0.15) is 0 Å². The van der Waals surface area contributed by atoms with Crippen LogP contribution in [0.3, 0.4) is 0 Å². The fourth-order valence-corrected chi connectivity index (χ4v) is 3.36. The topological polar surface area (TPSA) is 65.5 Å². The Kier molecular flexibility index (Phi) is 7.94. The van der Waals surface area contributed by atoms with Crippen LogP contribution in [-0.2, 0) is 16.0 Å². The molecule has 0 unspecified atom stereocenters. The molecule has 0 radical (unpaired) electrons. The Morgan fingerprint density at radius 1 is 1.11 bits per heavy atom. The van der Waals surface area contributed by atoms with Crippen molar-refractivity contribution in [2.45, 2.75) is 26.7 Å². The van der Waals surface area contributed by atoms with Crippen LogP contribution >= 0.6 is 11.3 Å². The summed E-state index contributed by atoms with van der Waals surface area (Å²) in [5.74, 6) is -0.224. The van der Waals surface area contributed by atoms with Crippen LogP contribution in [0.25, 0.3) is 0 Å². The molecule has 7 heteroatoms. The normalized spacial score (nSPS) is 10.9. The highest BCUT2D eigenvalue weighted by Crippen LogP contribution is 2.20. The van der Waals surface area contributed by atoms with Crippen molar-refractivity contribution in [1.82, 2.24) is 14.8 Å². The molecular formula is C20H28N4O2S. The molecular weight excluding hydrogens is 360 g/mol. The Morgan fingerprint density at radius 3 is 2.41 bits per heavy atom. The van der Waals surface area contributed by atoms with Gasteiger partial charge in [0.05, 0.1) is 12.2 Å². The Hall–Kier alpha value is -2.25. The smallest absolute Gasteiger partial charge is 0.245 e. The molecule has 1 heterocycles. The molecule has 1 aromatic heterocycles. The highest BCUT2D eigenvalue weighted by atomic mass is 32.1. The Balaban J connectivity index is 1.95. The van der Waals surface area contributed by atoms with Gasteiger partial charge in [0.25, 0.3) is 0 Å². The number of aromatic nitrogens is 1. The largest absolute Gasteiger partial charge is 0.332 e. The number of likely N-dealkylation sites (N-methyl/N-ethyl adjacent to an activating group) is 1. The van der Waals surface area contributed by atoms with Gasteiger partial charge in [0.2, 0.25) is 11.8 Å². The van der Waals surface area contributed by atoms with Gasteiger partial charge in [-0.25, -0.2) is 4.98 Å². The van der Waals surface area contributed by atoms with Crippen molar-refractivity contribution >= 4 is 28.3 Å². The molecule has 0 aliphatic rings. The minimum Gasteiger partial charge on any atom is -0.332 e. The first-order chi connectivity index (χ1) is 12.8. The molecule has 0 bridgehead atoms. The molecule has 0 saturated heterocycles. The predicted molar refractivity (Wildman–Crippen MR) is 110 cm³/mol. The summed E-state index contributed by atoms with van der Waals surface area (Å²) in [5.41, 5.74) is 2.04. The Morgan fingerprint density at radius 2 is 1.81 bits per heavy atom. The number of thiazole rings is 1. The average Bonchev–Trinajstić information content (AvgIpc) is 2.94. The minimum absolute atomic E-state index is 0.0117. The summed E-state index contributed by atoms with van der Waals surface area (Å²) in [6.45, 7) is 5.15. The fraction of sp³-hybridized carbons (Fsp3) is 0.450. The van der Waals surface area contributed by atoms with E-state index in [-0.39, 0.29) is 18.4 Å². The molecule has 6 nitrogen and oxygen atoms in total. The number of carbonyl (C=O) groups is 2. The second kappa shape index (κ2) is 10.2. The van der Waals surface area contributed by atoms with Crippen LogP contribution in [0.15, 0.2) is 30.3 Å². The molecule has 146 valence electrons. The monoisotopic (exact) mass is 388 g/mol. The van der Waals surface area contributed by atoms with Gasteiger partial charge in [-0.2, -0.15) is 0 Å². The lowest BCUT2D eigenvalue weighted by atomic mass is 10.1. The zero-order valence-electron chi connectivity index (χ0n) is 16.5. The second-order valence-electron chi connectivity index (χ2n) is 6.81. The third-order valence-electron chi connectivity index (χ3n) is 4.25. The van der Waals surface area contributed by atoms with Gasteiger partial charge in [0, 0.05) is 24.4 Å². The lowest BCUT2D eigenvalue weighted by molar-refractivity contribution is -0.134. The SMILES string of the molecule is Cc1nc(NC(=O)CN(CCN(C)C)C(=O)CCc2ccccc2)sc1C. The number of hydrogen-bond donors (Lipinski definition) is 1. The van der Waals surface area contributed by atoms with Crippen molar-refractivity contribution in [3.05, 3.63) is 46.5 Å². The van der Waals surface area contributed by atoms with Crippen molar-refractivity contribution in [2.75, 3.05) is 39.0 Å². The summed E-state index contributed by atoms with van der Waals surface area (Å²) >= 11 is 1.45. The summed E-state index contributed by atoms with van der Waals surface area (Å²) in [7, 11) is 3.90. The molecule has 0 aliphatic carbocycles. The van der Waals surface area contributed by atoms with Crippen LogP contribution in [0.4, 0.5) is 5.13 Å². The van der Waals surface area contributed by atoms with Crippen LogP contribution in [0.5, 0.6) is 0 Å². The minimum atomic E-state index is -0.212. The van der Waals surface area contributed by atoms with Crippen molar-refractivity contribution in [3.8, 4) is 0 Å². The van der Waals surface area contributed by atoms with Crippen molar-refractivity contribution < 1.29 is 9.59 Å². The van der Waals surface area contributed by atoms with E-state index in [1.165, 1.54) is 11.3 Å². The number of hydrogen-bond acceptors (Lipinski definition) is 5. The zero-order valence-corrected chi connectivity index (χ0v) is 17.3. The Labute approximate surface area is 165 Å². The summed E-state index contributed by atoms with van der Waals surface area (Å²) in [4.78, 5) is 34.1. The predicted octanol–water partition coefficient (Wildman–Crippen LogP) is 2.72. The molecule has 0 aliphatic heterocycles. The number of aryl methyl sites for hydroxylation is 3. The summed E-state index contributed by atoms with van der Waals surface area (Å²) in [6, 6.07) is 9.92. The molecule has 0 atom stereocenters. The summed E-state index contributed by atoms with van der Waals surface area (Å²) < 4.78 is 0. The molecule has 2 amide bonds. The maximum Gasteiger partial charge on any atom is 0.245 e. The van der Waals surface area contributed by atoms with Crippen molar-refractivity contribution in [1.29, 1.82) is 0 Å². The Bertz CT molecular complexity index is 739. The number of benzene rings is 1. The van der Waals surface area contributed by atoms with E-state index in [9.17, 15) is 9.59 Å². The van der Waals surface area contributed by atoms with E-state index in [4.69, 9.17) is 0 Å². The van der Waals surface area contributed by atoms with E-state index >= 15 is 0 Å². The van der Waals surface area contributed by atoms with Gasteiger partial charge < -0.3 is 15.1 Å². The summed E-state index contributed by atoms with van der Waals surface area (Å²) in [6.07, 6.45) is 1.06. The quantitative estimate of drug-likeness (QED) is 0.717. The first kappa shape index (κ1) is 21.1. The lowest BCUT2D eigenvalue weighted by Crippen LogP contribution is -2.41. The number of nitrogens with zero attached hydrogens (tertiary/aromatic N) is 3. The number of carbonyl (C=O) groups excluding carboxylic acids is 2. The third-order valence-corrected chi connectivity index (χ3v) is 5.24. The molecule has 1 aromatic carbocycles. The number of amides is 2. The third kappa shape index (κ3) is 7.11. The second-order valence-corrected chi connectivity index (χ2v) is 8.02. The van der Waals surface area contributed by atoms with Gasteiger partial charge in [-0.15, -0.1) is 11.3 Å². The van der Waals surface area contributed by atoms with E-state index in [1.54, 1.807) is 4.90 Å². The van der Waals surface area contributed by atoms with Crippen LogP contribution in [0.1, 0.15) is 22.6 Å². The highest BCUT2D eigenvalue weighted by Gasteiger charge is 2.18. The molecule has 2 rings (SSSR count).